The third-order valence-corrected chi connectivity index (χ3v) is 1.65. The number of carbonyl (C=O) groups excluding carboxylic acids is 1. The fourth-order valence-electron chi connectivity index (χ4n) is 0.723. The molecule has 0 bridgehead atoms. The number of esters is 1. The Labute approximate surface area is 97.1 Å². The normalized spacial score (nSPS) is 12.4. The predicted molar refractivity (Wildman–Crippen MR) is 58.9 cm³/mol. The topological polar surface area (TPSA) is 108 Å². The number of hydrogen-bond acceptors (Lipinski definition) is 6. The molecule has 0 aromatic heterocycles. The molecule has 0 radical (unpaired) electrons. The van der Waals surface area contributed by atoms with E-state index in [2.05, 4.69) is 9.73 Å². The molecule has 0 unspecified atom stereocenters. The number of rotatable bonds is 6. The van der Waals surface area contributed by atoms with Crippen LogP contribution in [0, 0.1) is 10.1 Å². The van der Waals surface area contributed by atoms with Gasteiger partial charge in [0, 0.05) is 0 Å². The summed E-state index contributed by atoms with van der Waals surface area (Å²) in [5.74, 6) is -1.19. The minimum Gasteiger partial charge on any atom is -0.465 e. The Kier molecular flexibility index (Phi) is 6.86. The highest BCUT2D eigenvalue weighted by molar-refractivity contribution is 6.30. The van der Waals surface area contributed by atoms with Crippen LogP contribution < -0.4 is 5.73 Å². The molecule has 0 amide bonds. The first-order chi connectivity index (χ1) is 7.51. The molecule has 0 spiro atoms. The van der Waals surface area contributed by atoms with Crippen LogP contribution in [0.5, 0.6) is 0 Å². The van der Waals surface area contributed by atoms with E-state index < -0.39 is 16.7 Å². The van der Waals surface area contributed by atoms with Crippen molar-refractivity contribution in [2.24, 2.45) is 10.7 Å². The lowest BCUT2D eigenvalue weighted by Crippen LogP contribution is -2.14. The summed E-state index contributed by atoms with van der Waals surface area (Å²) in [5, 5.41) is 10.2. The molecule has 0 rings (SSSR count). The number of ether oxygens (including phenoxy) is 1. The highest BCUT2D eigenvalue weighted by Crippen LogP contribution is 1.93. The Morgan fingerprint density at radius 3 is 2.75 bits per heavy atom. The summed E-state index contributed by atoms with van der Waals surface area (Å²) in [7, 11) is 0. The van der Waals surface area contributed by atoms with E-state index in [0.717, 1.165) is 6.08 Å². The quantitative estimate of drug-likeness (QED) is 0.240. The zero-order chi connectivity index (χ0) is 12.6. The van der Waals surface area contributed by atoms with Gasteiger partial charge in [-0.25, -0.2) is 0 Å². The number of nitro groups is 1. The molecule has 0 aliphatic carbocycles. The lowest BCUT2D eigenvalue weighted by atomic mass is 10.4. The Hall–Kier alpha value is -1.63. The minimum atomic E-state index is -0.771. The van der Waals surface area contributed by atoms with Crippen LogP contribution in [0.3, 0.4) is 0 Å². The molecule has 0 saturated carbocycles. The number of hydrogen-bond donors (Lipinski definition) is 1. The Bertz CT molecular complexity index is 327. The van der Waals surface area contributed by atoms with Gasteiger partial charge < -0.3 is 14.9 Å². The van der Waals surface area contributed by atoms with Gasteiger partial charge in [0.1, 0.15) is 6.54 Å². The summed E-state index contributed by atoms with van der Waals surface area (Å²) in [6.45, 7) is 1.67. The maximum absolute atomic E-state index is 10.9. The predicted octanol–water partition coefficient (Wildman–Crippen LogP) is 0.306. The second-order valence-electron chi connectivity index (χ2n) is 2.57. The number of allylic oxidation sites excluding steroid dienone is 1. The standard InChI is InChI=1S/C8H12ClN3O4/c1-2-16-8(13)5-11-6(4-9)3-7(10)12(14)15/h3H,2,4-5,10H2,1H3/b7-3+,11-6?. The fourth-order valence-corrected chi connectivity index (χ4v) is 0.884. The zero-order valence-electron chi connectivity index (χ0n) is 8.68. The third kappa shape index (κ3) is 5.97. The lowest BCUT2D eigenvalue weighted by molar-refractivity contribution is -0.426. The van der Waals surface area contributed by atoms with Crippen LogP contribution in [0.1, 0.15) is 6.92 Å². The molecule has 0 atom stereocenters. The summed E-state index contributed by atoms with van der Waals surface area (Å²) in [5.41, 5.74) is 5.22. The van der Waals surface area contributed by atoms with Crippen LogP contribution in [-0.2, 0) is 9.53 Å². The van der Waals surface area contributed by atoms with E-state index in [1.165, 1.54) is 0 Å². The van der Waals surface area contributed by atoms with Crippen molar-refractivity contribution in [1.82, 2.24) is 0 Å². The van der Waals surface area contributed by atoms with Crippen molar-refractivity contribution in [3.8, 4) is 0 Å². The number of alkyl halides is 1. The summed E-state index contributed by atoms with van der Waals surface area (Å²) in [4.78, 5) is 24.1. The van der Waals surface area contributed by atoms with E-state index in [0.29, 0.717) is 0 Å². The van der Waals surface area contributed by atoms with Gasteiger partial charge in [0.05, 0.1) is 24.3 Å². The third-order valence-electron chi connectivity index (χ3n) is 1.38. The Morgan fingerprint density at radius 1 is 1.69 bits per heavy atom. The van der Waals surface area contributed by atoms with Crippen molar-refractivity contribution in [2.45, 2.75) is 6.92 Å². The van der Waals surface area contributed by atoms with E-state index in [1.54, 1.807) is 6.92 Å². The van der Waals surface area contributed by atoms with Gasteiger partial charge in [0.15, 0.2) is 0 Å². The van der Waals surface area contributed by atoms with Crippen molar-refractivity contribution in [3.63, 3.8) is 0 Å². The molecule has 0 aliphatic heterocycles. The van der Waals surface area contributed by atoms with E-state index in [-0.39, 0.29) is 24.7 Å². The first-order valence-corrected chi connectivity index (χ1v) is 4.91. The molecule has 8 heteroatoms. The van der Waals surface area contributed by atoms with Gasteiger partial charge >= 0.3 is 11.8 Å². The number of halogens is 1. The molecule has 90 valence electrons. The smallest absolute Gasteiger partial charge is 0.327 e. The van der Waals surface area contributed by atoms with Gasteiger partial charge in [-0.2, -0.15) is 0 Å². The first-order valence-electron chi connectivity index (χ1n) is 4.37. The van der Waals surface area contributed by atoms with Crippen molar-refractivity contribution < 1.29 is 14.5 Å². The van der Waals surface area contributed by atoms with Gasteiger partial charge in [-0.05, 0) is 11.8 Å². The molecule has 0 aromatic carbocycles. The number of nitrogens with two attached hydrogens (primary N) is 1. The largest absolute Gasteiger partial charge is 0.465 e. The van der Waals surface area contributed by atoms with Crippen molar-refractivity contribution in [2.75, 3.05) is 19.0 Å². The Morgan fingerprint density at radius 2 is 2.31 bits per heavy atom. The maximum Gasteiger partial charge on any atom is 0.327 e. The molecule has 0 saturated heterocycles. The van der Waals surface area contributed by atoms with Gasteiger partial charge in [0.2, 0.25) is 0 Å². The fraction of sp³-hybridized carbons (Fsp3) is 0.500. The average molecular weight is 250 g/mol. The van der Waals surface area contributed by atoms with E-state index in [1.807, 2.05) is 0 Å². The highest BCUT2D eigenvalue weighted by Gasteiger charge is 2.05. The highest BCUT2D eigenvalue weighted by atomic mass is 35.5. The average Bonchev–Trinajstić information content (AvgIpc) is 2.24. The molecular weight excluding hydrogens is 238 g/mol. The summed E-state index contributed by atoms with van der Waals surface area (Å²) >= 11 is 5.47. The zero-order valence-corrected chi connectivity index (χ0v) is 9.44. The van der Waals surface area contributed by atoms with Gasteiger partial charge in [0.25, 0.3) is 0 Å². The van der Waals surface area contributed by atoms with Crippen LogP contribution in [0.15, 0.2) is 16.9 Å². The van der Waals surface area contributed by atoms with Crippen LogP contribution >= 0.6 is 11.6 Å². The second kappa shape index (κ2) is 7.63. The van der Waals surface area contributed by atoms with Crippen molar-refractivity contribution in [3.05, 3.63) is 22.0 Å². The van der Waals surface area contributed by atoms with E-state index in [4.69, 9.17) is 17.3 Å². The molecule has 7 nitrogen and oxygen atoms in total. The summed E-state index contributed by atoms with van der Waals surface area (Å²) in [6.07, 6.45) is 1.01. The number of aliphatic imine (C=N–C) groups is 1. The molecule has 0 aliphatic rings. The van der Waals surface area contributed by atoms with Crippen LogP contribution in [0.4, 0.5) is 0 Å². The number of carbonyl (C=O) groups is 1. The summed E-state index contributed by atoms with van der Waals surface area (Å²) in [6, 6.07) is 0. The molecule has 0 fully saturated rings. The monoisotopic (exact) mass is 249 g/mol. The first kappa shape index (κ1) is 14.4. The molecule has 16 heavy (non-hydrogen) atoms. The molecular formula is C8H12ClN3O4. The van der Waals surface area contributed by atoms with E-state index >= 15 is 0 Å². The minimum absolute atomic E-state index is 0.0755. The van der Waals surface area contributed by atoms with Crippen LogP contribution in [0.2, 0.25) is 0 Å². The van der Waals surface area contributed by atoms with E-state index in [9.17, 15) is 14.9 Å². The van der Waals surface area contributed by atoms with Crippen molar-refractivity contribution in [1.29, 1.82) is 0 Å². The molecule has 0 heterocycles. The number of nitrogens with zero attached hydrogens (tertiary/aromatic N) is 2. The van der Waals surface area contributed by atoms with Crippen LogP contribution in [-0.4, -0.2) is 35.6 Å². The Balaban J connectivity index is 4.50. The van der Waals surface area contributed by atoms with Gasteiger partial charge in [-0.15, -0.1) is 11.6 Å². The molecule has 2 N–H and O–H groups in total. The lowest BCUT2D eigenvalue weighted by Gasteiger charge is -1.99. The summed E-state index contributed by atoms with van der Waals surface area (Å²) < 4.78 is 4.61. The van der Waals surface area contributed by atoms with Crippen LogP contribution in [0.25, 0.3) is 0 Å². The second-order valence-corrected chi connectivity index (χ2v) is 2.84. The van der Waals surface area contributed by atoms with Gasteiger partial charge in [-0.3, -0.25) is 15.5 Å². The van der Waals surface area contributed by atoms with Crippen molar-refractivity contribution >= 4 is 23.3 Å². The maximum atomic E-state index is 10.9. The van der Waals surface area contributed by atoms with Gasteiger partial charge in [-0.1, -0.05) is 0 Å². The molecule has 0 aromatic rings. The SMILES string of the molecule is CCOC(=O)CN=C(/C=C(\N)[N+](=O)[O-])CCl.